The number of amides is 1. The molecule has 1 amide bonds. The van der Waals surface area contributed by atoms with Crippen molar-refractivity contribution in [3.63, 3.8) is 0 Å². The highest BCUT2D eigenvalue weighted by atomic mass is 16.5. The van der Waals surface area contributed by atoms with Gasteiger partial charge in [0.15, 0.2) is 6.61 Å². The number of fused-ring (bicyclic) bond motifs is 1. The van der Waals surface area contributed by atoms with Gasteiger partial charge >= 0.3 is 0 Å². The molecule has 1 aliphatic rings. The van der Waals surface area contributed by atoms with Crippen LogP contribution < -0.4 is 15.0 Å². The van der Waals surface area contributed by atoms with Gasteiger partial charge in [-0.1, -0.05) is 54.6 Å². The molecule has 0 bridgehead atoms. The highest BCUT2D eigenvalue weighted by Gasteiger charge is 2.17. The molecule has 1 aromatic heterocycles. The lowest BCUT2D eigenvalue weighted by molar-refractivity contribution is -0.123. The first kappa shape index (κ1) is 22.8. The predicted molar refractivity (Wildman–Crippen MR) is 137 cm³/mol. The van der Waals surface area contributed by atoms with Crippen LogP contribution in [0.15, 0.2) is 85.2 Å². The van der Waals surface area contributed by atoms with Gasteiger partial charge in [0.05, 0.1) is 10.9 Å². The van der Waals surface area contributed by atoms with Crippen LogP contribution in [0.4, 0.5) is 5.69 Å². The first-order chi connectivity index (χ1) is 17.2. The number of nitrogens with one attached hydrogen (secondary N) is 1. The molecule has 5 rings (SSSR count). The number of benzene rings is 3. The smallest absolute Gasteiger partial charge is 0.258 e. The van der Waals surface area contributed by atoms with Crippen molar-refractivity contribution in [2.24, 2.45) is 0 Å². The van der Waals surface area contributed by atoms with Gasteiger partial charge in [-0.15, -0.1) is 0 Å². The van der Waals surface area contributed by atoms with Crippen molar-refractivity contribution in [3.05, 3.63) is 96.3 Å². The average molecular weight is 468 g/mol. The molecule has 2 heterocycles. The number of carbonyl (C=O) groups is 1. The molecule has 0 saturated carbocycles. The largest absolute Gasteiger partial charge is 0.467 e. The molecule has 1 saturated heterocycles. The Morgan fingerprint density at radius 2 is 1.57 bits per heavy atom. The van der Waals surface area contributed by atoms with Crippen molar-refractivity contribution < 1.29 is 9.53 Å². The molecule has 0 unspecified atom stereocenters. The second kappa shape index (κ2) is 11.0. The van der Waals surface area contributed by atoms with Crippen molar-refractivity contribution in [2.75, 3.05) is 37.7 Å². The quantitative estimate of drug-likeness (QED) is 0.427. The lowest BCUT2D eigenvalue weighted by Gasteiger charge is -2.36. The summed E-state index contributed by atoms with van der Waals surface area (Å²) >= 11 is 0. The van der Waals surface area contributed by atoms with E-state index in [1.165, 1.54) is 17.6 Å². The van der Waals surface area contributed by atoms with Crippen molar-refractivity contribution in [2.45, 2.75) is 13.1 Å². The molecule has 7 nitrogen and oxygen atoms in total. The lowest BCUT2D eigenvalue weighted by Crippen LogP contribution is -2.45. The number of nitrogens with zero attached hydrogens (tertiary/aromatic N) is 4. The number of hydrogen-bond donors (Lipinski definition) is 1. The second-order valence-corrected chi connectivity index (χ2v) is 8.68. The molecule has 0 aliphatic carbocycles. The lowest BCUT2D eigenvalue weighted by atomic mass is 10.1. The first-order valence-corrected chi connectivity index (χ1v) is 11.9. The Balaban J connectivity index is 1.07. The topological polar surface area (TPSA) is 70.6 Å². The molecule has 0 atom stereocenters. The van der Waals surface area contributed by atoms with Crippen LogP contribution in [0.1, 0.15) is 11.1 Å². The van der Waals surface area contributed by atoms with Gasteiger partial charge in [-0.3, -0.25) is 9.69 Å². The molecule has 0 spiro atoms. The van der Waals surface area contributed by atoms with Gasteiger partial charge in [0, 0.05) is 45.0 Å². The number of hydrogen-bond acceptors (Lipinski definition) is 6. The summed E-state index contributed by atoms with van der Waals surface area (Å²) in [6, 6.07) is 26.6. The van der Waals surface area contributed by atoms with Crippen LogP contribution in [0.3, 0.4) is 0 Å². The van der Waals surface area contributed by atoms with E-state index in [-0.39, 0.29) is 12.5 Å². The summed E-state index contributed by atoms with van der Waals surface area (Å²) in [4.78, 5) is 25.6. The van der Waals surface area contributed by atoms with E-state index in [2.05, 4.69) is 79.7 Å². The van der Waals surface area contributed by atoms with E-state index in [1.807, 2.05) is 24.3 Å². The Kier molecular flexibility index (Phi) is 7.15. The molecule has 3 aromatic carbocycles. The predicted octanol–water partition coefficient (Wildman–Crippen LogP) is 3.65. The minimum atomic E-state index is -0.189. The maximum Gasteiger partial charge on any atom is 0.258 e. The molecule has 1 fully saturated rings. The number of piperazine rings is 1. The molecule has 178 valence electrons. The molecule has 4 aromatic rings. The van der Waals surface area contributed by atoms with Gasteiger partial charge in [0.25, 0.3) is 5.91 Å². The minimum absolute atomic E-state index is 0.0909. The zero-order valence-corrected chi connectivity index (χ0v) is 19.6. The van der Waals surface area contributed by atoms with E-state index in [0.717, 1.165) is 49.2 Å². The van der Waals surface area contributed by atoms with Crippen molar-refractivity contribution in [1.82, 2.24) is 20.2 Å². The summed E-state index contributed by atoms with van der Waals surface area (Å²) in [7, 11) is 0. The molecule has 0 radical (unpaired) electrons. The Morgan fingerprint density at radius 1 is 0.829 bits per heavy atom. The highest BCUT2D eigenvalue weighted by molar-refractivity contribution is 5.84. The summed E-state index contributed by atoms with van der Waals surface area (Å²) in [5.74, 6) is 0.227. The summed E-state index contributed by atoms with van der Waals surface area (Å²) < 4.78 is 5.64. The third-order valence-corrected chi connectivity index (χ3v) is 6.26. The Labute approximate surface area is 205 Å². The summed E-state index contributed by atoms with van der Waals surface area (Å²) in [6.45, 7) is 5.49. The Hall–Kier alpha value is -3.97. The number of carbonyl (C=O) groups excluding carboxylic acids is 1. The second-order valence-electron chi connectivity index (χ2n) is 8.68. The van der Waals surface area contributed by atoms with Crippen LogP contribution in [0.2, 0.25) is 0 Å². The fourth-order valence-electron chi connectivity index (χ4n) is 4.31. The van der Waals surface area contributed by atoms with Crippen molar-refractivity contribution in [1.29, 1.82) is 0 Å². The summed E-state index contributed by atoms with van der Waals surface area (Å²) in [5, 5.41) is 3.71. The van der Waals surface area contributed by atoms with Crippen LogP contribution in [-0.4, -0.2) is 53.6 Å². The summed E-state index contributed by atoms with van der Waals surface area (Å²) in [6.07, 6.45) is 1.44. The number of ether oxygens (including phenoxy) is 1. The maximum absolute atomic E-state index is 12.3. The van der Waals surface area contributed by atoms with Crippen LogP contribution in [0, 0.1) is 0 Å². The fourth-order valence-corrected chi connectivity index (χ4v) is 4.31. The Morgan fingerprint density at radius 3 is 2.37 bits per heavy atom. The zero-order valence-electron chi connectivity index (χ0n) is 19.6. The number of rotatable bonds is 8. The third-order valence-electron chi connectivity index (χ3n) is 6.26. The standard InChI is InChI=1S/C28H29N5O2/c34-27(20-35-28-25-8-4-5-9-26(25)30-21-31-28)29-18-22-10-12-24(13-11-22)33-16-14-32(15-17-33)19-23-6-2-1-3-7-23/h1-13,21H,14-20H2,(H,29,34). The minimum Gasteiger partial charge on any atom is -0.467 e. The monoisotopic (exact) mass is 467 g/mol. The normalized spacial score (nSPS) is 14.1. The van der Waals surface area contributed by atoms with E-state index >= 15 is 0 Å². The van der Waals surface area contributed by atoms with E-state index in [1.54, 1.807) is 0 Å². The van der Waals surface area contributed by atoms with E-state index in [9.17, 15) is 4.79 Å². The molecule has 1 aliphatic heterocycles. The number of para-hydroxylation sites is 1. The van der Waals surface area contributed by atoms with Gasteiger partial charge in [-0.05, 0) is 35.4 Å². The van der Waals surface area contributed by atoms with E-state index in [0.29, 0.717) is 12.4 Å². The highest BCUT2D eigenvalue weighted by Crippen LogP contribution is 2.21. The van der Waals surface area contributed by atoms with E-state index < -0.39 is 0 Å². The van der Waals surface area contributed by atoms with Crippen LogP contribution in [-0.2, 0) is 17.9 Å². The number of anilines is 1. The average Bonchev–Trinajstić information content (AvgIpc) is 2.92. The first-order valence-electron chi connectivity index (χ1n) is 11.9. The Bertz CT molecular complexity index is 1250. The van der Waals surface area contributed by atoms with Crippen molar-refractivity contribution >= 4 is 22.5 Å². The van der Waals surface area contributed by atoms with Gasteiger partial charge in [0.2, 0.25) is 5.88 Å². The molecule has 1 N–H and O–H groups in total. The van der Waals surface area contributed by atoms with Crippen LogP contribution in [0.25, 0.3) is 10.9 Å². The van der Waals surface area contributed by atoms with Crippen LogP contribution in [0.5, 0.6) is 5.88 Å². The SMILES string of the molecule is O=C(COc1ncnc2ccccc12)NCc1ccc(N2CCN(Cc3ccccc3)CC2)cc1. The molecule has 35 heavy (non-hydrogen) atoms. The van der Waals surface area contributed by atoms with Gasteiger partial charge in [-0.25, -0.2) is 9.97 Å². The van der Waals surface area contributed by atoms with Gasteiger partial charge in [0.1, 0.15) is 6.33 Å². The molecular formula is C28H29N5O2. The maximum atomic E-state index is 12.3. The summed E-state index contributed by atoms with van der Waals surface area (Å²) in [5.41, 5.74) is 4.43. The molecule has 7 heteroatoms. The van der Waals surface area contributed by atoms with E-state index in [4.69, 9.17) is 4.74 Å². The zero-order chi connectivity index (χ0) is 23.9. The molecular weight excluding hydrogens is 438 g/mol. The van der Waals surface area contributed by atoms with Crippen molar-refractivity contribution in [3.8, 4) is 5.88 Å². The fraction of sp³-hybridized carbons (Fsp3) is 0.250. The van der Waals surface area contributed by atoms with Crippen LogP contribution >= 0.6 is 0 Å². The van der Waals surface area contributed by atoms with Gasteiger partial charge < -0.3 is 15.0 Å². The number of aromatic nitrogens is 2. The third kappa shape index (κ3) is 5.94. The van der Waals surface area contributed by atoms with Gasteiger partial charge in [-0.2, -0.15) is 0 Å².